The second kappa shape index (κ2) is 6.72. The monoisotopic (exact) mass is 242 g/mol. The van der Waals surface area contributed by atoms with E-state index in [4.69, 9.17) is 10.8 Å². The van der Waals surface area contributed by atoms with E-state index in [1.54, 1.807) is 0 Å². The summed E-state index contributed by atoms with van der Waals surface area (Å²) in [6.45, 7) is 6.35. The van der Waals surface area contributed by atoms with E-state index >= 15 is 0 Å². The van der Waals surface area contributed by atoms with Gasteiger partial charge in [-0.2, -0.15) is 0 Å². The second-order valence-electron chi connectivity index (χ2n) is 5.95. The fraction of sp³-hybridized carbons (Fsp3) is 1.00. The molecule has 1 fully saturated rings. The maximum Gasteiger partial charge on any atom is 0.0468 e. The van der Waals surface area contributed by atoms with Crippen LogP contribution in [0.15, 0.2) is 0 Å². The normalized spacial score (nSPS) is 31.8. The van der Waals surface area contributed by atoms with Crippen LogP contribution < -0.4 is 5.73 Å². The minimum Gasteiger partial charge on any atom is -0.396 e. The van der Waals surface area contributed by atoms with Crippen LogP contribution in [-0.4, -0.2) is 42.3 Å². The third-order valence-electron chi connectivity index (χ3n) is 4.70. The predicted molar refractivity (Wildman–Crippen MR) is 72.9 cm³/mol. The molecule has 1 saturated carbocycles. The van der Waals surface area contributed by atoms with Crippen molar-refractivity contribution in [3.8, 4) is 0 Å². The first kappa shape index (κ1) is 14.9. The second-order valence-corrected chi connectivity index (χ2v) is 5.95. The molecule has 102 valence electrons. The number of nitrogens with zero attached hydrogens (tertiary/aromatic N) is 1. The summed E-state index contributed by atoms with van der Waals surface area (Å²) in [7, 11) is 2.17. The average molecular weight is 242 g/mol. The molecule has 0 amide bonds. The van der Waals surface area contributed by atoms with Gasteiger partial charge in [0, 0.05) is 25.2 Å². The molecule has 0 aromatic rings. The van der Waals surface area contributed by atoms with Gasteiger partial charge >= 0.3 is 0 Å². The Morgan fingerprint density at radius 3 is 2.41 bits per heavy atom. The van der Waals surface area contributed by atoms with E-state index in [1.807, 2.05) is 0 Å². The van der Waals surface area contributed by atoms with Gasteiger partial charge < -0.3 is 10.8 Å². The standard InChI is InChI=1S/C14H30N2O/c1-4-13-5-7-14(11-15,8-6-13)16(3)9-12(2)10-17/h12-13,17H,4-11,15H2,1-3H3. The van der Waals surface area contributed by atoms with Crippen molar-refractivity contribution < 1.29 is 5.11 Å². The van der Waals surface area contributed by atoms with Crippen molar-refractivity contribution in [1.29, 1.82) is 0 Å². The van der Waals surface area contributed by atoms with Crippen molar-refractivity contribution >= 4 is 0 Å². The molecule has 1 aliphatic carbocycles. The number of aliphatic hydroxyl groups excluding tert-OH is 1. The molecule has 0 aromatic heterocycles. The lowest BCUT2D eigenvalue weighted by molar-refractivity contribution is 0.0449. The predicted octanol–water partition coefficient (Wildman–Crippen LogP) is 1.84. The first-order chi connectivity index (χ1) is 8.07. The third kappa shape index (κ3) is 3.67. The van der Waals surface area contributed by atoms with Crippen molar-refractivity contribution in [1.82, 2.24) is 4.90 Å². The fourth-order valence-electron chi connectivity index (χ4n) is 3.08. The lowest BCUT2D eigenvalue weighted by Gasteiger charge is -2.46. The summed E-state index contributed by atoms with van der Waals surface area (Å²) in [5.74, 6) is 1.24. The van der Waals surface area contributed by atoms with Crippen molar-refractivity contribution in [3.05, 3.63) is 0 Å². The van der Waals surface area contributed by atoms with Gasteiger partial charge in [0.15, 0.2) is 0 Å². The van der Waals surface area contributed by atoms with Crippen LogP contribution in [0.1, 0.15) is 46.0 Å². The molecular weight excluding hydrogens is 212 g/mol. The quantitative estimate of drug-likeness (QED) is 0.747. The molecule has 3 N–H and O–H groups in total. The van der Waals surface area contributed by atoms with Crippen LogP contribution in [-0.2, 0) is 0 Å². The number of nitrogens with two attached hydrogens (primary N) is 1. The lowest BCUT2D eigenvalue weighted by atomic mass is 9.74. The molecule has 0 saturated heterocycles. The SMILES string of the molecule is CCC1CCC(CN)(N(C)CC(C)CO)CC1. The highest BCUT2D eigenvalue weighted by Crippen LogP contribution is 2.36. The van der Waals surface area contributed by atoms with E-state index in [1.165, 1.54) is 32.1 Å². The number of aliphatic hydroxyl groups is 1. The number of likely N-dealkylation sites (N-methyl/N-ethyl adjacent to an activating group) is 1. The first-order valence-electron chi connectivity index (χ1n) is 7.10. The zero-order valence-corrected chi connectivity index (χ0v) is 11.8. The van der Waals surface area contributed by atoms with E-state index < -0.39 is 0 Å². The molecule has 1 atom stereocenters. The lowest BCUT2D eigenvalue weighted by Crippen LogP contribution is -2.55. The maximum atomic E-state index is 9.16. The summed E-state index contributed by atoms with van der Waals surface area (Å²) in [4.78, 5) is 2.40. The van der Waals surface area contributed by atoms with Crippen molar-refractivity contribution in [2.24, 2.45) is 17.6 Å². The van der Waals surface area contributed by atoms with Gasteiger partial charge in [-0.25, -0.2) is 0 Å². The van der Waals surface area contributed by atoms with Gasteiger partial charge in [-0.3, -0.25) is 4.90 Å². The van der Waals surface area contributed by atoms with E-state index in [0.717, 1.165) is 19.0 Å². The van der Waals surface area contributed by atoms with Gasteiger partial charge in [0.1, 0.15) is 0 Å². The Labute approximate surface area is 106 Å². The van der Waals surface area contributed by atoms with Crippen LogP contribution >= 0.6 is 0 Å². The minimum atomic E-state index is 0.190. The minimum absolute atomic E-state index is 0.190. The van der Waals surface area contributed by atoms with Gasteiger partial charge in [-0.15, -0.1) is 0 Å². The average Bonchev–Trinajstić information content (AvgIpc) is 2.38. The van der Waals surface area contributed by atoms with Crippen LogP contribution in [0.3, 0.4) is 0 Å². The highest BCUT2D eigenvalue weighted by molar-refractivity contribution is 4.94. The van der Waals surface area contributed by atoms with Crippen LogP contribution in [0.4, 0.5) is 0 Å². The zero-order chi connectivity index (χ0) is 12.9. The third-order valence-corrected chi connectivity index (χ3v) is 4.70. The highest BCUT2D eigenvalue weighted by atomic mass is 16.3. The van der Waals surface area contributed by atoms with Crippen LogP contribution in [0.25, 0.3) is 0 Å². The van der Waals surface area contributed by atoms with Gasteiger partial charge in [0.25, 0.3) is 0 Å². The summed E-state index contributed by atoms with van der Waals surface area (Å²) in [5, 5.41) is 9.16. The fourth-order valence-corrected chi connectivity index (χ4v) is 3.08. The Balaban J connectivity index is 2.57. The molecule has 1 rings (SSSR count). The Morgan fingerprint density at radius 2 is 2.00 bits per heavy atom. The van der Waals surface area contributed by atoms with Crippen molar-refractivity contribution in [2.75, 3.05) is 26.7 Å². The molecule has 0 spiro atoms. The van der Waals surface area contributed by atoms with Crippen LogP contribution in [0.2, 0.25) is 0 Å². The van der Waals surface area contributed by atoms with E-state index in [2.05, 4.69) is 25.8 Å². The summed E-state index contributed by atoms with van der Waals surface area (Å²) in [6, 6.07) is 0. The Bertz CT molecular complexity index is 212. The summed E-state index contributed by atoms with van der Waals surface area (Å²) < 4.78 is 0. The van der Waals surface area contributed by atoms with Gasteiger partial charge in [0.05, 0.1) is 0 Å². The smallest absolute Gasteiger partial charge is 0.0468 e. The molecule has 0 heterocycles. The first-order valence-corrected chi connectivity index (χ1v) is 7.10. The van der Waals surface area contributed by atoms with Gasteiger partial charge in [-0.05, 0) is 44.6 Å². The number of rotatable bonds is 6. The topological polar surface area (TPSA) is 49.5 Å². The summed E-state index contributed by atoms with van der Waals surface area (Å²) >= 11 is 0. The van der Waals surface area contributed by atoms with Gasteiger partial charge in [0.2, 0.25) is 0 Å². The van der Waals surface area contributed by atoms with E-state index in [0.29, 0.717) is 5.92 Å². The number of hydrogen-bond donors (Lipinski definition) is 2. The molecule has 0 aromatic carbocycles. The van der Waals surface area contributed by atoms with Crippen LogP contribution in [0, 0.1) is 11.8 Å². The molecule has 3 nitrogen and oxygen atoms in total. The molecule has 0 radical (unpaired) electrons. The van der Waals surface area contributed by atoms with Gasteiger partial charge in [-0.1, -0.05) is 20.3 Å². The van der Waals surface area contributed by atoms with Crippen LogP contribution in [0.5, 0.6) is 0 Å². The van der Waals surface area contributed by atoms with Crippen molar-refractivity contribution in [3.63, 3.8) is 0 Å². The van der Waals surface area contributed by atoms with E-state index in [9.17, 15) is 0 Å². The van der Waals surface area contributed by atoms with Crippen molar-refractivity contribution in [2.45, 2.75) is 51.5 Å². The Kier molecular flexibility index (Phi) is 5.90. The molecular formula is C14H30N2O. The summed E-state index contributed by atoms with van der Waals surface area (Å²) in [6.07, 6.45) is 6.36. The highest BCUT2D eigenvalue weighted by Gasteiger charge is 2.37. The molecule has 0 aliphatic heterocycles. The van der Waals surface area contributed by atoms with E-state index in [-0.39, 0.29) is 12.1 Å². The molecule has 3 heteroatoms. The molecule has 1 aliphatic rings. The largest absolute Gasteiger partial charge is 0.396 e. The maximum absolute atomic E-state index is 9.16. The molecule has 17 heavy (non-hydrogen) atoms. The zero-order valence-electron chi connectivity index (χ0n) is 11.8. The molecule has 1 unspecified atom stereocenters. The molecule has 0 bridgehead atoms. The number of hydrogen-bond acceptors (Lipinski definition) is 3. The summed E-state index contributed by atoms with van der Waals surface area (Å²) in [5.41, 5.74) is 6.23. The Hall–Kier alpha value is -0.120. The Morgan fingerprint density at radius 1 is 1.41 bits per heavy atom.